The van der Waals surface area contributed by atoms with Gasteiger partial charge < -0.3 is 4.74 Å². The third kappa shape index (κ3) is 2.78. The van der Waals surface area contributed by atoms with Gasteiger partial charge in [-0.1, -0.05) is 6.92 Å². The fraction of sp³-hybridized carbons (Fsp3) is 1.00. The summed E-state index contributed by atoms with van der Waals surface area (Å²) in [6.07, 6.45) is -13.0. The van der Waals surface area contributed by atoms with Gasteiger partial charge in [-0.3, -0.25) is 0 Å². The highest BCUT2D eigenvalue weighted by Gasteiger charge is 2.82. The Kier molecular flexibility index (Phi) is 4.36. The summed E-state index contributed by atoms with van der Waals surface area (Å²) in [7, 11) is 0. The zero-order valence-electron chi connectivity index (χ0n) is 8.22. The van der Waals surface area contributed by atoms with Crippen LogP contribution in [0.15, 0.2) is 0 Å². The van der Waals surface area contributed by atoms with Gasteiger partial charge in [0.15, 0.2) is 0 Å². The molecule has 0 aliphatic heterocycles. The zero-order chi connectivity index (χ0) is 14.1. The van der Waals surface area contributed by atoms with Gasteiger partial charge in [0.2, 0.25) is 0 Å². The minimum Gasteiger partial charge on any atom is -0.316 e. The molecule has 0 radical (unpaired) electrons. The van der Waals surface area contributed by atoms with E-state index in [1.807, 2.05) is 0 Å². The second kappa shape index (κ2) is 4.54. The van der Waals surface area contributed by atoms with E-state index in [1.165, 1.54) is 6.92 Å². The van der Waals surface area contributed by atoms with Gasteiger partial charge in [-0.2, -0.15) is 39.5 Å². The van der Waals surface area contributed by atoms with Crippen LogP contribution in [0.3, 0.4) is 0 Å². The Morgan fingerprint density at radius 3 is 1.47 bits per heavy atom. The summed E-state index contributed by atoms with van der Waals surface area (Å²) < 4.78 is 112. The summed E-state index contributed by atoms with van der Waals surface area (Å²) in [6.45, 7) is 0.0899. The topological polar surface area (TPSA) is 9.23 Å². The number of rotatable bonds is 5. The van der Waals surface area contributed by atoms with Crippen LogP contribution < -0.4 is 0 Å². The molecule has 0 unspecified atom stereocenters. The van der Waals surface area contributed by atoms with Gasteiger partial charge in [-0.15, -0.1) is 0 Å². The van der Waals surface area contributed by atoms with Gasteiger partial charge in [-0.25, -0.2) is 0 Å². The maximum absolute atomic E-state index is 12.5. The Bertz CT molecular complexity index is 257. The Hall–Kier alpha value is -0.670. The van der Waals surface area contributed by atoms with Gasteiger partial charge in [-0.05, 0) is 6.42 Å². The summed E-state index contributed by atoms with van der Waals surface area (Å²) in [5, 5.41) is 0. The van der Waals surface area contributed by atoms with Gasteiger partial charge >= 0.3 is 24.1 Å². The molecule has 0 amide bonds. The van der Waals surface area contributed by atoms with Crippen LogP contribution in [0.25, 0.3) is 0 Å². The zero-order valence-corrected chi connectivity index (χ0v) is 8.22. The first-order chi connectivity index (χ1) is 7.31. The SMILES string of the molecule is CCCOC(F)(F)C(F)(F)C(F)(F)C(F)(F)F. The highest BCUT2D eigenvalue weighted by molar-refractivity contribution is 4.96. The average molecular weight is 278 g/mol. The molecule has 0 atom stereocenters. The molecule has 0 heterocycles. The molecule has 17 heavy (non-hydrogen) atoms. The molecular weight excluding hydrogens is 271 g/mol. The minimum atomic E-state index is -6.89. The van der Waals surface area contributed by atoms with E-state index in [2.05, 4.69) is 4.74 Å². The van der Waals surface area contributed by atoms with Crippen molar-refractivity contribution in [1.29, 1.82) is 0 Å². The van der Waals surface area contributed by atoms with Gasteiger partial charge in [0.05, 0.1) is 6.61 Å². The van der Waals surface area contributed by atoms with Crippen molar-refractivity contribution in [3.8, 4) is 0 Å². The lowest BCUT2D eigenvalue weighted by atomic mass is 10.1. The number of alkyl halides is 9. The monoisotopic (exact) mass is 278 g/mol. The molecule has 0 bridgehead atoms. The Morgan fingerprint density at radius 2 is 1.18 bits per heavy atom. The average Bonchev–Trinajstić information content (AvgIpc) is 2.12. The summed E-state index contributed by atoms with van der Waals surface area (Å²) in [5.74, 6) is -13.6. The normalized spacial score (nSPS) is 15.2. The van der Waals surface area contributed by atoms with E-state index in [9.17, 15) is 39.5 Å². The molecule has 0 aromatic carbocycles. The molecule has 0 aromatic rings. The highest BCUT2D eigenvalue weighted by Crippen LogP contribution is 2.53. The largest absolute Gasteiger partial charge is 0.460 e. The second-order valence-electron chi connectivity index (χ2n) is 3.01. The van der Waals surface area contributed by atoms with Crippen LogP contribution in [0.2, 0.25) is 0 Å². The lowest BCUT2D eigenvalue weighted by Gasteiger charge is -2.32. The standard InChI is InChI=1S/C7H7F9O/c1-2-3-17-7(15,16)5(10,11)4(8,9)6(12,13)14/h2-3H2,1H3. The fourth-order valence-corrected chi connectivity index (χ4v) is 0.682. The molecular formula is C7H7F9O. The van der Waals surface area contributed by atoms with Crippen LogP contribution in [-0.4, -0.2) is 30.7 Å². The molecule has 0 N–H and O–H groups in total. The van der Waals surface area contributed by atoms with Crippen molar-refractivity contribution in [2.75, 3.05) is 6.61 Å². The van der Waals surface area contributed by atoms with Crippen molar-refractivity contribution in [3.05, 3.63) is 0 Å². The summed E-state index contributed by atoms with van der Waals surface area (Å²) in [4.78, 5) is 0. The first-order valence-corrected chi connectivity index (χ1v) is 4.15. The van der Waals surface area contributed by atoms with Crippen LogP contribution >= 0.6 is 0 Å². The van der Waals surface area contributed by atoms with Gasteiger partial charge in [0.25, 0.3) is 0 Å². The van der Waals surface area contributed by atoms with Crippen LogP contribution in [0.1, 0.15) is 13.3 Å². The molecule has 0 saturated carbocycles. The first kappa shape index (κ1) is 16.3. The van der Waals surface area contributed by atoms with E-state index in [1.54, 1.807) is 0 Å². The van der Waals surface area contributed by atoms with E-state index < -0.39 is 30.7 Å². The highest BCUT2D eigenvalue weighted by atomic mass is 19.4. The molecule has 10 heteroatoms. The molecule has 0 aromatic heterocycles. The third-order valence-electron chi connectivity index (χ3n) is 1.60. The van der Waals surface area contributed by atoms with Crippen LogP contribution in [0.4, 0.5) is 39.5 Å². The Morgan fingerprint density at radius 1 is 0.765 bits per heavy atom. The molecule has 0 fully saturated rings. The number of ether oxygens (including phenoxy) is 1. The number of halogens is 9. The second-order valence-corrected chi connectivity index (χ2v) is 3.01. The summed E-state index contributed by atoms with van der Waals surface area (Å²) >= 11 is 0. The van der Waals surface area contributed by atoms with Crippen molar-refractivity contribution in [1.82, 2.24) is 0 Å². The summed E-state index contributed by atoms with van der Waals surface area (Å²) in [6, 6.07) is 0. The summed E-state index contributed by atoms with van der Waals surface area (Å²) in [5.41, 5.74) is 0. The Labute approximate surface area is 89.5 Å². The lowest BCUT2D eigenvalue weighted by molar-refractivity contribution is -0.443. The van der Waals surface area contributed by atoms with E-state index in [4.69, 9.17) is 0 Å². The van der Waals surface area contributed by atoms with Crippen molar-refractivity contribution < 1.29 is 44.3 Å². The van der Waals surface area contributed by atoms with Crippen molar-refractivity contribution >= 4 is 0 Å². The maximum atomic E-state index is 12.5. The van der Waals surface area contributed by atoms with Crippen LogP contribution in [0.5, 0.6) is 0 Å². The maximum Gasteiger partial charge on any atom is 0.460 e. The quantitative estimate of drug-likeness (QED) is 0.694. The van der Waals surface area contributed by atoms with Crippen molar-refractivity contribution in [2.45, 2.75) is 37.5 Å². The smallest absolute Gasteiger partial charge is 0.316 e. The van der Waals surface area contributed by atoms with E-state index >= 15 is 0 Å². The molecule has 0 aliphatic carbocycles. The Balaban J connectivity index is 5.24. The molecule has 0 saturated heterocycles. The molecule has 104 valence electrons. The van der Waals surface area contributed by atoms with Crippen molar-refractivity contribution in [3.63, 3.8) is 0 Å². The van der Waals surface area contributed by atoms with E-state index in [-0.39, 0.29) is 6.42 Å². The lowest BCUT2D eigenvalue weighted by Crippen LogP contribution is -2.61. The van der Waals surface area contributed by atoms with Crippen molar-refractivity contribution in [2.24, 2.45) is 0 Å². The number of hydrogen-bond acceptors (Lipinski definition) is 1. The predicted octanol–water partition coefficient (Wildman–Crippen LogP) is 3.84. The molecule has 1 nitrogen and oxygen atoms in total. The molecule has 0 aliphatic rings. The first-order valence-electron chi connectivity index (χ1n) is 4.15. The van der Waals surface area contributed by atoms with Gasteiger partial charge in [0, 0.05) is 0 Å². The van der Waals surface area contributed by atoms with Crippen LogP contribution in [0, 0.1) is 0 Å². The minimum absolute atomic E-state index is 0.261. The molecule has 0 rings (SSSR count). The fourth-order valence-electron chi connectivity index (χ4n) is 0.682. The predicted molar refractivity (Wildman–Crippen MR) is 37.1 cm³/mol. The van der Waals surface area contributed by atoms with Gasteiger partial charge in [0.1, 0.15) is 0 Å². The molecule has 0 spiro atoms. The van der Waals surface area contributed by atoms with E-state index in [0.29, 0.717) is 0 Å². The van der Waals surface area contributed by atoms with Crippen LogP contribution in [-0.2, 0) is 4.74 Å². The van der Waals surface area contributed by atoms with E-state index in [0.717, 1.165) is 0 Å². The number of hydrogen-bond donors (Lipinski definition) is 0. The third-order valence-corrected chi connectivity index (χ3v) is 1.60.